The predicted octanol–water partition coefficient (Wildman–Crippen LogP) is 2.52. The molecule has 0 aliphatic heterocycles. The van der Waals surface area contributed by atoms with Crippen LogP contribution in [-0.4, -0.2) is 53.1 Å². The molecule has 0 aromatic rings. The third-order valence-corrected chi connectivity index (χ3v) is 6.00. The molecule has 10 nitrogen and oxygen atoms in total. The van der Waals surface area contributed by atoms with Crippen molar-refractivity contribution in [1.82, 2.24) is 16.1 Å². The van der Waals surface area contributed by atoms with Crippen molar-refractivity contribution in [1.29, 1.82) is 0 Å². The van der Waals surface area contributed by atoms with Crippen LogP contribution in [0, 0.1) is 0 Å². The van der Waals surface area contributed by atoms with Crippen LogP contribution in [0.5, 0.6) is 0 Å². The lowest BCUT2D eigenvalue weighted by Gasteiger charge is -2.09. The zero-order chi connectivity index (χ0) is 26.2. The summed E-state index contributed by atoms with van der Waals surface area (Å²) in [7, 11) is 0. The first-order chi connectivity index (χ1) is 16.9. The summed E-state index contributed by atoms with van der Waals surface area (Å²) < 4.78 is 0. The molecule has 0 aliphatic rings. The maximum absolute atomic E-state index is 11.9. The molecule has 2 amide bonds. The minimum atomic E-state index is -0.925. The number of nitrogens with one attached hydrogen (secondary N) is 3. The summed E-state index contributed by atoms with van der Waals surface area (Å²) in [6.45, 7) is 0.821. The second kappa shape index (κ2) is 23.5. The van der Waals surface area contributed by atoms with E-state index in [0.29, 0.717) is 38.8 Å². The van der Waals surface area contributed by atoms with E-state index in [1.54, 1.807) is 0 Å². The molecule has 0 heterocycles. The topological polar surface area (TPSA) is 172 Å². The van der Waals surface area contributed by atoms with E-state index in [-0.39, 0.29) is 24.7 Å². The van der Waals surface area contributed by atoms with E-state index in [1.165, 1.54) is 38.5 Å². The van der Waals surface area contributed by atoms with Crippen LogP contribution in [0.3, 0.4) is 0 Å². The van der Waals surface area contributed by atoms with Crippen LogP contribution < -0.4 is 21.9 Å². The number of amides is 2. The molecule has 1 atom stereocenters. The molecule has 0 aliphatic carbocycles. The highest BCUT2D eigenvalue weighted by atomic mass is 16.4. The van der Waals surface area contributed by atoms with Gasteiger partial charge in [0.25, 0.3) is 0 Å². The number of carbonyl (C=O) groups excluding carboxylic acids is 2. The number of carbonyl (C=O) groups is 4. The maximum Gasteiger partial charge on any atom is 0.326 e. The van der Waals surface area contributed by atoms with Crippen molar-refractivity contribution in [3.05, 3.63) is 0 Å². The number of hydrogen-bond donors (Lipinski definition) is 6. The van der Waals surface area contributed by atoms with Gasteiger partial charge >= 0.3 is 11.9 Å². The van der Waals surface area contributed by atoms with E-state index in [0.717, 1.165) is 38.5 Å². The Morgan fingerprint density at radius 1 is 0.571 bits per heavy atom. The molecule has 0 radical (unpaired) electrons. The second-order valence-corrected chi connectivity index (χ2v) is 9.18. The Kier molecular flexibility index (Phi) is 22.1. The number of hydrogen-bond acceptors (Lipinski definition) is 5. The summed E-state index contributed by atoms with van der Waals surface area (Å²) >= 11 is 0. The molecule has 0 saturated heterocycles. The first kappa shape index (κ1) is 32.8. The Morgan fingerprint density at radius 2 is 1.03 bits per heavy atom. The number of carboxylic acid groups (broad SMARTS) is 2. The van der Waals surface area contributed by atoms with Gasteiger partial charge in [-0.25, -0.2) is 0 Å². The SMILES string of the molecule is [NH3+]N[C@@H](CCCCNC(=O)CCNC(=O)CCCCCCCCCCCCCCC(=O)O)C(=O)O. The molecular formula is C25H49N4O6+. The van der Waals surface area contributed by atoms with Gasteiger partial charge in [-0.15, -0.1) is 0 Å². The van der Waals surface area contributed by atoms with Crippen molar-refractivity contribution in [2.75, 3.05) is 13.1 Å². The van der Waals surface area contributed by atoms with Crippen molar-refractivity contribution >= 4 is 23.8 Å². The first-order valence-corrected chi connectivity index (χ1v) is 13.4. The summed E-state index contributed by atoms with van der Waals surface area (Å²) in [6.07, 6.45) is 16.2. The van der Waals surface area contributed by atoms with Crippen molar-refractivity contribution in [2.24, 2.45) is 0 Å². The van der Waals surface area contributed by atoms with Crippen LogP contribution in [-0.2, 0) is 19.2 Å². The molecule has 0 fully saturated rings. The molecule has 0 aromatic carbocycles. The van der Waals surface area contributed by atoms with Gasteiger partial charge in [-0.2, -0.15) is 5.43 Å². The van der Waals surface area contributed by atoms with Gasteiger partial charge in [0.2, 0.25) is 11.8 Å². The Morgan fingerprint density at radius 3 is 1.51 bits per heavy atom. The van der Waals surface area contributed by atoms with Crippen LogP contribution in [0.2, 0.25) is 0 Å². The zero-order valence-electron chi connectivity index (χ0n) is 21.5. The van der Waals surface area contributed by atoms with Gasteiger partial charge in [0, 0.05) is 32.4 Å². The molecule has 0 spiro atoms. The third kappa shape index (κ3) is 23.3. The molecule has 0 rings (SSSR count). The van der Waals surface area contributed by atoms with Crippen LogP contribution >= 0.6 is 0 Å². The second-order valence-electron chi connectivity index (χ2n) is 9.18. The number of aliphatic carboxylic acids is 2. The summed E-state index contributed by atoms with van der Waals surface area (Å²) in [5.74, 6) is 1.64. The lowest BCUT2D eigenvalue weighted by molar-refractivity contribution is -0.449. The molecule has 0 unspecified atom stereocenters. The lowest BCUT2D eigenvalue weighted by Crippen LogP contribution is -2.70. The smallest absolute Gasteiger partial charge is 0.326 e. The Hall–Kier alpha value is -2.20. The summed E-state index contributed by atoms with van der Waals surface area (Å²) in [6, 6.07) is -0.661. The van der Waals surface area contributed by atoms with Gasteiger partial charge < -0.3 is 20.8 Å². The molecule has 204 valence electrons. The van der Waals surface area contributed by atoms with Gasteiger partial charge in [-0.3, -0.25) is 25.0 Å². The van der Waals surface area contributed by atoms with Gasteiger partial charge in [0.15, 0.2) is 6.04 Å². The fraction of sp³-hybridized carbons (Fsp3) is 0.840. The Labute approximate surface area is 210 Å². The van der Waals surface area contributed by atoms with Crippen molar-refractivity contribution in [2.45, 2.75) is 122 Å². The fourth-order valence-electron chi connectivity index (χ4n) is 3.84. The third-order valence-electron chi connectivity index (χ3n) is 6.00. The highest BCUT2D eigenvalue weighted by Crippen LogP contribution is 2.13. The average Bonchev–Trinajstić information content (AvgIpc) is 2.81. The number of quaternary nitrogens is 1. The van der Waals surface area contributed by atoms with E-state index >= 15 is 0 Å². The zero-order valence-corrected chi connectivity index (χ0v) is 21.5. The standard InChI is InChI=1S/C25H48N4O6/c26-29-21(25(34)35)15-13-14-19-27-23(31)18-20-28-22(30)16-11-9-7-5-3-1-2-4-6-8-10-12-17-24(32)33/h21,29H,1-20,26H2,(H,27,31)(H,28,30)(H,32,33)(H,34,35)/p+1/t21-/m0/s1. The van der Waals surface area contributed by atoms with Gasteiger partial charge in [0.05, 0.1) is 0 Å². The van der Waals surface area contributed by atoms with Crippen LogP contribution in [0.4, 0.5) is 0 Å². The average molecular weight is 502 g/mol. The Balaban J connectivity index is 3.39. The Bertz CT molecular complexity index is 588. The predicted molar refractivity (Wildman–Crippen MR) is 134 cm³/mol. The van der Waals surface area contributed by atoms with Crippen LogP contribution in [0.25, 0.3) is 0 Å². The maximum atomic E-state index is 11.9. The summed E-state index contributed by atoms with van der Waals surface area (Å²) in [5, 5.41) is 23.1. The van der Waals surface area contributed by atoms with Gasteiger partial charge in [0.1, 0.15) is 0 Å². The molecular weight excluding hydrogens is 452 g/mol. The molecule has 35 heavy (non-hydrogen) atoms. The largest absolute Gasteiger partial charge is 0.481 e. The van der Waals surface area contributed by atoms with Crippen molar-refractivity contribution < 1.29 is 35.2 Å². The highest BCUT2D eigenvalue weighted by molar-refractivity contribution is 5.78. The van der Waals surface area contributed by atoms with Crippen LogP contribution in [0.1, 0.15) is 116 Å². The molecule has 0 bridgehead atoms. The number of unbranched alkanes of at least 4 members (excludes halogenated alkanes) is 12. The quantitative estimate of drug-likeness (QED) is 0.0823. The first-order valence-electron chi connectivity index (χ1n) is 13.4. The molecule has 10 heteroatoms. The van der Waals surface area contributed by atoms with E-state index in [1.807, 2.05) is 0 Å². The van der Waals surface area contributed by atoms with E-state index in [9.17, 15) is 19.2 Å². The van der Waals surface area contributed by atoms with E-state index in [4.69, 9.17) is 10.2 Å². The summed E-state index contributed by atoms with van der Waals surface area (Å²) in [4.78, 5) is 45.0. The normalized spacial score (nSPS) is 11.7. The minimum absolute atomic E-state index is 0.0125. The lowest BCUT2D eigenvalue weighted by atomic mass is 10.0. The van der Waals surface area contributed by atoms with E-state index < -0.39 is 18.0 Å². The van der Waals surface area contributed by atoms with Gasteiger partial charge in [-0.1, -0.05) is 64.2 Å². The fourth-order valence-corrected chi connectivity index (χ4v) is 3.84. The molecule has 0 aromatic heterocycles. The highest BCUT2D eigenvalue weighted by Gasteiger charge is 2.16. The van der Waals surface area contributed by atoms with Crippen molar-refractivity contribution in [3.63, 3.8) is 0 Å². The monoisotopic (exact) mass is 501 g/mol. The summed E-state index contributed by atoms with van der Waals surface area (Å²) in [5.41, 5.74) is 2.49. The number of rotatable bonds is 25. The van der Waals surface area contributed by atoms with E-state index in [2.05, 4.69) is 21.9 Å². The molecule has 0 saturated carbocycles. The van der Waals surface area contributed by atoms with Crippen molar-refractivity contribution in [3.8, 4) is 0 Å². The minimum Gasteiger partial charge on any atom is -0.481 e. The van der Waals surface area contributed by atoms with Gasteiger partial charge in [-0.05, 0) is 32.1 Å². The molecule has 8 N–H and O–H groups in total. The van der Waals surface area contributed by atoms with Crippen LogP contribution in [0.15, 0.2) is 0 Å². The number of carboxylic acids is 2.